The fourth-order valence-electron chi connectivity index (χ4n) is 2.08. The molecule has 4 heteroatoms. The molecule has 0 bridgehead atoms. The van der Waals surface area contributed by atoms with Crippen LogP contribution in [0.25, 0.3) is 0 Å². The second-order valence-electron chi connectivity index (χ2n) is 5.30. The Morgan fingerprint density at radius 3 is 2.35 bits per heavy atom. The van der Waals surface area contributed by atoms with Crippen LogP contribution >= 0.6 is 11.8 Å². The van der Waals surface area contributed by atoms with E-state index in [-0.39, 0.29) is 24.5 Å². The largest absolute Gasteiger partial charge is 0.355 e. The Balaban J connectivity index is 1.62. The van der Waals surface area contributed by atoms with Crippen LogP contribution in [0.15, 0.2) is 59.5 Å². The smallest absolute Gasteiger partial charge is 0.220 e. The Labute approximate surface area is 141 Å². The van der Waals surface area contributed by atoms with Gasteiger partial charge in [0, 0.05) is 35.6 Å². The van der Waals surface area contributed by atoms with Crippen LogP contribution in [0.5, 0.6) is 0 Å². The molecule has 0 saturated heterocycles. The Morgan fingerprint density at radius 2 is 1.65 bits per heavy atom. The first-order valence-corrected chi connectivity index (χ1v) is 8.68. The Kier molecular flexibility index (Phi) is 6.88. The number of thioether (sulfide) groups is 1. The van der Waals surface area contributed by atoms with Crippen LogP contribution in [0, 0.1) is 6.92 Å². The number of ketones is 1. The van der Waals surface area contributed by atoms with Crippen molar-refractivity contribution in [1.82, 2.24) is 5.32 Å². The summed E-state index contributed by atoms with van der Waals surface area (Å²) in [5, 5.41) is 2.86. The van der Waals surface area contributed by atoms with Crippen molar-refractivity contribution < 1.29 is 9.59 Å². The summed E-state index contributed by atoms with van der Waals surface area (Å²) >= 11 is 1.71. The Morgan fingerprint density at radius 1 is 0.957 bits per heavy atom. The molecule has 23 heavy (non-hydrogen) atoms. The van der Waals surface area contributed by atoms with Gasteiger partial charge in [0.2, 0.25) is 5.91 Å². The highest BCUT2D eigenvalue weighted by atomic mass is 32.2. The summed E-state index contributed by atoms with van der Waals surface area (Å²) in [5.41, 5.74) is 1.90. The van der Waals surface area contributed by atoms with Gasteiger partial charge in [0.25, 0.3) is 0 Å². The highest BCUT2D eigenvalue weighted by Crippen LogP contribution is 2.17. The highest BCUT2D eigenvalue weighted by Gasteiger charge is 2.08. The predicted molar refractivity (Wildman–Crippen MR) is 94.9 cm³/mol. The molecule has 0 aliphatic heterocycles. The lowest BCUT2D eigenvalue weighted by Crippen LogP contribution is -2.26. The fourth-order valence-corrected chi connectivity index (χ4v) is 2.85. The van der Waals surface area contributed by atoms with Crippen LogP contribution in [0.1, 0.15) is 28.8 Å². The fraction of sp³-hybridized carbons (Fsp3) is 0.263. The van der Waals surface area contributed by atoms with Crippen LogP contribution in [0.3, 0.4) is 0 Å². The molecule has 120 valence electrons. The monoisotopic (exact) mass is 327 g/mol. The zero-order valence-electron chi connectivity index (χ0n) is 13.2. The molecular formula is C19H21NO2S. The molecule has 0 aliphatic rings. The lowest BCUT2D eigenvalue weighted by molar-refractivity contribution is -0.120. The molecule has 0 fully saturated rings. The molecule has 3 nitrogen and oxygen atoms in total. The molecule has 0 spiro atoms. The number of benzene rings is 2. The second kappa shape index (κ2) is 9.16. The average Bonchev–Trinajstić information content (AvgIpc) is 2.59. The predicted octanol–water partition coefficient (Wildman–Crippen LogP) is 3.87. The van der Waals surface area contributed by atoms with Gasteiger partial charge in [0.15, 0.2) is 5.78 Å². The maximum atomic E-state index is 11.9. The summed E-state index contributed by atoms with van der Waals surface area (Å²) in [6.45, 7) is 2.67. The van der Waals surface area contributed by atoms with E-state index < -0.39 is 0 Å². The lowest BCUT2D eigenvalue weighted by Gasteiger charge is -2.05. The number of carbonyl (C=O) groups is 2. The molecule has 0 aliphatic carbocycles. The number of carbonyl (C=O) groups excluding carboxylic acids is 2. The maximum Gasteiger partial charge on any atom is 0.220 e. The van der Waals surface area contributed by atoms with E-state index in [0.717, 1.165) is 5.75 Å². The van der Waals surface area contributed by atoms with Gasteiger partial charge in [-0.3, -0.25) is 9.59 Å². The molecule has 0 atom stereocenters. The number of rotatable bonds is 8. The van der Waals surface area contributed by atoms with Crippen LogP contribution in [-0.4, -0.2) is 24.0 Å². The molecule has 1 N–H and O–H groups in total. The van der Waals surface area contributed by atoms with E-state index in [1.165, 1.54) is 10.5 Å². The van der Waals surface area contributed by atoms with Gasteiger partial charge >= 0.3 is 0 Å². The maximum absolute atomic E-state index is 11.9. The molecule has 0 saturated carbocycles. The standard InChI is InChI=1S/C19H21NO2S/c1-15-7-9-17(10-8-15)23-14-13-20-19(22)12-11-18(21)16-5-3-2-4-6-16/h2-10H,11-14H2,1H3,(H,20,22). The van der Waals surface area contributed by atoms with Crippen molar-refractivity contribution in [3.63, 3.8) is 0 Å². The number of hydrogen-bond donors (Lipinski definition) is 1. The van der Waals surface area contributed by atoms with Gasteiger partial charge in [-0.1, -0.05) is 48.0 Å². The molecule has 0 aromatic heterocycles. The third-order valence-electron chi connectivity index (χ3n) is 3.39. The minimum atomic E-state index is -0.0706. The van der Waals surface area contributed by atoms with Crippen LogP contribution in [-0.2, 0) is 4.79 Å². The van der Waals surface area contributed by atoms with Crippen LogP contribution in [0.4, 0.5) is 0 Å². The van der Waals surface area contributed by atoms with E-state index >= 15 is 0 Å². The second-order valence-corrected chi connectivity index (χ2v) is 6.47. The number of aryl methyl sites for hydroxylation is 1. The van der Waals surface area contributed by atoms with Gasteiger partial charge in [-0.05, 0) is 19.1 Å². The normalized spacial score (nSPS) is 10.3. The third-order valence-corrected chi connectivity index (χ3v) is 4.40. The first-order valence-electron chi connectivity index (χ1n) is 7.69. The Hall–Kier alpha value is -2.07. The summed E-state index contributed by atoms with van der Waals surface area (Å²) in [6.07, 6.45) is 0.490. The minimum Gasteiger partial charge on any atom is -0.355 e. The van der Waals surface area contributed by atoms with Crippen LogP contribution in [0.2, 0.25) is 0 Å². The first-order chi connectivity index (χ1) is 11.1. The third kappa shape index (κ3) is 6.28. The number of Topliss-reactive ketones (excluding diaryl/α,β-unsaturated/α-hetero) is 1. The van der Waals surface area contributed by atoms with Crippen molar-refractivity contribution in [2.75, 3.05) is 12.3 Å². The summed E-state index contributed by atoms with van der Waals surface area (Å²) in [7, 11) is 0. The molecule has 2 aromatic carbocycles. The van der Waals surface area contributed by atoms with Crippen molar-refractivity contribution in [2.24, 2.45) is 0 Å². The summed E-state index contributed by atoms with van der Waals surface area (Å²) in [6, 6.07) is 17.4. The zero-order valence-corrected chi connectivity index (χ0v) is 14.1. The molecule has 0 heterocycles. The van der Waals surface area contributed by atoms with E-state index in [0.29, 0.717) is 12.1 Å². The Bertz CT molecular complexity index is 638. The van der Waals surface area contributed by atoms with Gasteiger partial charge in [-0.25, -0.2) is 0 Å². The summed E-state index contributed by atoms with van der Waals surface area (Å²) in [5.74, 6) is 0.759. The van der Waals surface area contributed by atoms with Crippen molar-refractivity contribution >= 4 is 23.5 Å². The molecule has 0 unspecified atom stereocenters. The molecule has 2 aromatic rings. The van der Waals surface area contributed by atoms with Gasteiger partial charge in [-0.15, -0.1) is 11.8 Å². The van der Waals surface area contributed by atoms with E-state index in [9.17, 15) is 9.59 Å². The highest BCUT2D eigenvalue weighted by molar-refractivity contribution is 7.99. The SMILES string of the molecule is Cc1ccc(SCCNC(=O)CCC(=O)c2ccccc2)cc1. The molecule has 0 radical (unpaired) electrons. The molecule has 1 amide bonds. The minimum absolute atomic E-state index is 0.00906. The van der Waals surface area contributed by atoms with E-state index in [2.05, 4.69) is 36.5 Å². The van der Waals surface area contributed by atoms with Gasteiger partial charge < -0.3 is 5.32 Å². The lowest BCUT2D eigenvalue weighted by atomic mass is 10.1. The van der Waals surface area contributed by atoms with Crippen LogP contribution < -0.4 is 5.32 Å². The van der Waals surface area contributed by atoms with Crippen molar-refractivity contribution in [3.05, 3.63) is 65.7 Å². The summed E-state index contributed by atoms with van der Waals surface area (Å²) in [4.78, 5) is 24.9. The number of nitrogens with one attached hydrogen (secondary N) is 1. The first kappa shape index (κ1) is 17.3. The van der Waals surface area contributed by atoms with Gasteiger partial charge in [0.05, 0.1) is 0 Å². The van der Waals surface area contributed by atoms with Crippen molar-refractivity contribution in [3.8, 4) is 0 Å². The quantitative estimate of drug-likeness (QED) is 0.455. The van der Waals surface area contributed by atoms with E-state index in [1.54, 1.807) is 23.9 Å². The molecule has 2 rings (SSSR count). The summed E-state index contributed by atoms with van der Waals surface area (Å²) < 4.78 is 0. The van der Waals surface area contributed by atoms with E-state index in [4.69, 9.17) is 0 Å². The zero-order chi connectivity index (χ0) is 16.5. The van der Waals surface area contributed by atoms with Crippen molar-refractivity contribution in [2.45, 2.75) is 24.7 Å². The average molecular weight is 327 g/mol. The van der Waals surface area contributed by atoms with Gasteiger partial charge in [-0.2, -0.15) is 0 Å². The van der Waals surface area contributed by atoms with E-state index in [1.807, 2.05) is 18.2 Å². The number of hydrogen-bond acceptors (Lipinski definition) is 3. The topological polar surface area (TPSA) is 46.2 Å². The number of amides is 1. The van der Waals surface area contributed by atoms with Gasteiger partial charge in [0.1, 0.15) is 0 Å². The van der Waals surface area contributed by atoms with Crippen molar-refractivity contribution in [1.29, 1.82) is 0 Å². The molecular weight excluding hydrogens is 306 g/mol.